The van der Waals surface area contributed by atoms with Crippen molar-refractivity contribution in [2.45, 2.75) is 45.0 Å². The van der Waals surface area contributed by atoms with Crippen LogP contribution in [0.25, 0.3) is 43.2 Å². The minimum Gasteiger partial charge on any atom is -0.496 e. The number of carbonyl (C=O) groups is 1. The van der Waals surface area contributed by atoms with Crippen LogP contribution in [0.3, 0.4) is 0 Å². The Morgan fingerprint density at radius 1 is 0.926 bits per heavy atom. The number of ether oxygens (including phenoxy) is 5. The summed E-state index contributed by atoms with van der Waals surface area (Å²) in [6.07, 6.45) is 2.33. The van der Waals surface area contributed by atoms with Crippen LogP contribution in [-0.2, 0) is 17.8 Å². The number of fused-ring (bicyclic) bond motifs is 7. The summed E-state index contributed by atoms with van der Waals surface area (Å²) in [5, 5.41) is 21.1. The van der Waals surface area contributed by atoms with Crippen LogP contribution in [0.2, 0.25) is 5.02 Å². The molecular weight excluding hydrogens is 911 g/mol. The smallest absolute Gasteiger partial charge is 0.345 e. The average Bonchev–Trinajstić information content (AvgIpc) is 3.75. The van der Waals surface area contributed by atoms with Crippen LogP contribution < -0.4 is 23.7 Å². The van der Waals surface area contributed by atoms with Gasteiger partial charge in [-0.05, 0) is 84.6 Å². The van der Waals surface area contributed by atoms with Crippen molar-refractivity contribution >= 4 is 39.1 Å². The number of hydrogen-bond acceptors (Lipinski definition) is 14. The standard InChI is InChI=1S/C51H50ClFN6O8S/c1-31-38-13-15-42(46(31)52)66-37(17-20-59-23-21-58(22-24-59)19-5-25-60)29-64-36-12-14-40(65-28-35-16-18-54-48(57-35)39-6-3-4-7-41(39)63-2)33(26-36)27-43(51(61)62)67-49-45-44(38)47(68-50(45)56-30-55-49)32-8-10-34(53)11-9-32/h3-4,6-16,18,26,30,37,43,60H,5,17,19-25,27-29H2,1-2H3,(H,61,62)/t37-,43-/m1/s1. The van der Waals surface area contributed by atoms with Crippen LogP contribution in [0, 0.1) is 12.7 Å². The van der Waals surface area contributed by atoms with Crippen molar-refractivity contribution in [3.05, 3.63) is 125 Å². The minimum atomic E-state index is -1.45. The van der Waals surface area contributed by atoms with Gasteiger partial charge in [-0.15, -0.1) is 11.3 Å². The first-order valence-corrected chi connectivity index (χ1v) is 23.6. The van der Waals surface area contributed by atoms with Crippen LogP contribution >= 0.6 is 22.9 Å². The van der Waals surface area contributed by atoms with Gasteiger partial charge in [0.25, 0.3) is 0 Å². The fraction of sp³-hybridized carbons (Fsp3) is 0.314. The highest BCUT2D eigenvalue weighted by Gasteiger charge is 2.30. The van der Waals surface area contributed by atoms with Gasteiger partial charge in [0, 0.05) is 80.9 Å². The molecule has 7 aromatic rings. The van der Waals surface area contributed by atoms with Crippen molar-refractivity contribution in [2.24, 2.45) is 0 Å². The Bertz CT molecular complexity index is 2900. The molecule has 0 radical (unpaired) electrons. The van der Waals surface area contributed by atoms with E-state index in [9.17, 15) is 19.4 Å². The number of aliphatic hydroxyl groups is 1. The third-order valence-electron chi connectivity index (χ3n) is 12.2. The second kappa shape index (κ2) is 21.3. The second-order valence-corrected chi connectivity index (χ2v) is 18.0. The zero-order valence-corrected chi connectivity index (χ0v) is 39.1. The first-order valence-electron chi connectivity index (χ1n) is 22.4. The molecule has 3 aliphatic heterocycles. The summed E-state index contributed by atoms with van der Waals surface area (Å²) < 4.78 is 46.0. The minimum absolute atomic E-state index is 0.0381. The van der Waals surface area contributed by atoms with Gasteiger partial charge in [0.15, 0.2) is 5.82 Å². The van der Waals surface area contributed by atoms with Crippen LogP contribution in [-0.4, -0.2) is 118 Å². The molecule has 0 spiro atoms. The van der Waals surface area contributed by atoms with Gasteiger partial charge in [0.1, 0.15) is 59.3 Å². The Hall–Kier alpha value is -6.43. The number of hydrogen-bond donors (Lipinski definition) is 2. The van der Waals surface area contributed by atoms with Gasteiger partial charge >= 0.3 is 5.97 Å². The third-order valence-corrected chi connectivity index (χ3v) is 13.8. The highest BCUT2D eigenvalue weighted by molar-refractivity contribution is 7.22. The van der Waals surface area contributed by atoms with Gasteiger partial charge in [0.05, 0.1) is 28.8 Å². The normalized spacial score (nSPS) is 16.7. The predicted octanol–water partition coefficient (Wildman–Crippen LogP) is 8.78. The van der Waals surface area contributed by atoms with E-state index in [4.69, 9.17) is 40.3 Å². The lowest BCUT2D eigenvalue weighted by molar-refractivity contribution is -0.145. The summed E-state index contributed by atoms with van der Waals surface area (Å²) in [5.41, 5.74) is 4.61. The fourth-order valence-electron chi connectivity index (χ4n) is 8.53. The van der Waals surface area contributed by atoms with Crippen LogP contribution in [0.1, 0.15) is 29.7 Å². The van der Waals surface area contributed by atoms with Gasteiger partial charge in [-0.1, -0.05) is 41.9 Å². The van der Waals surface area contributed by atoms with Gasteiger partial charge < -0.3 is 43.7 Å². The lowest BCUT2D eigenvalue weighted by atomic mass is 9.96. The molecular formula is C51H50ClFN6O8S. The second-order valence-electron chi connectivity index (χ2n) is 16.6. The molecule has 0 unspecified atom stereocenters. The number of halogens is 2. The van der Waals surface area contributed by atoms with Crippen LogP contribution in [0.4, 0.5) is 4.39 Å². The van der Waals surface area contributed by atoms with Crippen molar-refractivity contribution in [1.82, 2.24) is 29.7 Å². The zero-order chi connectivity index (χ0) is 47.1. The van der Waals surface area contributed by atoms with Gasteiger partial charge in [-0.25, -0.2) is 29.1 Å². The van der Waals surface area contributed by atoms with Crippen molar-refractivity contribution < 1.29 is 43.1 Å². The summed E-state index contributed by atoms with van der Waals surface area (Å²) in [5.74, 6) is 0.874. The van der Waals surface area contributed by atoms with Crippen LogP contribution in [0.15, 0.2) is 97.5 Å². The number of rotatable bonds is 13. The number of carboxylic acid groups (broad SMARTS) is 1. The molecule has 2 N–H and O–H groups in total. The zero-order valence-electron chi connectivity index (χ0n) is 37.6. The summed E-state index contributed by atoms with van der Waals surface area (Å²) in [7, 11) is 1.59. The molecule has 352 valence electrons. The fourth-order valence-corrected chi connectivity index (χ4v) is 9.89. The number of piperazine rings is 1. The maximum Gasteiger partial charge on any atom is 0.345 e. The first-order chi connectivity index (χ1) is 33.1. The van der Waals surface area contributed by atoms with Crippen molar-refractivity contribution in [1.29, 1.82) is 0 Å². The van der Waals surface area contributed by atoms with Gasteiger partial charge in [-0.3, -0.25) is 0 Å². The number of aromatic nitrogens is 4. The summed E-state index contributed by atoms with van der Waals surface area (Å²) in [6, 6.07) is 24.4. The van der Waals surface area contributed by atoms with Crippen molar-refractivity contribution in [3.63, 3.8) is 0 Å². The third kappa shape index (κ3) is 10.5. The van der Waals surface area contributed by atoms with E-state index in [2.05, 4.69) is 24.8 Å². The van der Waals surface area contributed by atoms with Gasteiger partial charge in [0.2, 0.25) is 12.0 Å². The topological polar surface area (TPSA) is 162 Å². The summed E-state index contributed by atoms with van der Waals surface area (Å²) in [6.45, 7) is 7.49. The van der Waals surface area contributed by atoms with Crippen LogP contribution in [0.5, 0.6) is 28.9 Å². The van der Waals surface area contributed by atoms with E-state index in [1.54, 1.807) is 49.7 Å². The molecule has 4 bridgehead atoms. The van der Waals surface area contributed by atoms with E-state index in [0.29, 0.717) is 72.9 Å². The average molecular weight is 962 g/mol. The number of aliphatic carboxylic acids is 1. The predicted molar refractivity (Wildman–Crippen MR) is 258 cm³/mol. The number of nitrogens with zero attached hydrogens (tertiary/aromatic N) is 6. The summed E-state index contributed by atoms with van der Waals surface area (Å²) >= 11 is 8.61. The van der Waals surface area contributed by atoms with Gasteiger partial charge in [-0.2, -0.15) is 0 Å². The Morgan fingerprint density at radius 2 is 1.72 bits per heavy atom. The van der Waals surface area contributed by atoms with Crippen molar-refractivity contribution in [2.75, 3.05) is 59.6 Å². The molecule has 1 fully saturated rings. The maximum atomic E-state index is 14.3. The maximum absolute atomic E-state index is 14.3. The first kappa shape index (κ1) is 46.7. The SMILES string of the molecule is COc1ccccc1-c1nccc(COc2ccc3cc2C[C@H](C(=O)O)Oc2ncnc4sc(-c5ccc(F)cc5)c(c24)-c2ccc(c(Cl)c2C)O[C@H](CCN2CCN(CCCO)CC2)CO3)n1. The van der Waals surface area contributed by atoms with E-state index in [1.807, 2.05) is 43.3 Å². The number of carboxylic acids is 1. The quantitative estimate of drug-likeness (QED) is 0.113. The number of aliphatic hydroxyl groups excluding tert-OH is 1. The molecule has 3 aliphatic rings. The summed E-state index contributed by atoms with van der Waals surface area (Å²) in [4.78, 5) is 37.7. The molecule has 2 atom stereocenters. The van der Waals surface area contributed by atoms with E-state index in [1.165, 1.54) is 29.8 Å². The molecule has 68 heavy (non-hydrogen) atoms. The van der Waals surface area contributed by atoms with E-state index in [-0.39, 0.29) is 37.9 Å². The highest BCUT2D eigenvalue weighted by atomic mass is 35.5. The Labute approximate surface area is 401 Å². The molecule has 0 amide bonds. The molecule has 0 saturated carbocycles. The van der Waals surface area contributed by atoms with E-state index in [0.717, 1.165) is 67.3 Å². The Balaban J connectivity index is 1.10. The lowest BCUT2D eigenvalue weighted by Crippen LogP contribution is -2.47. The largest absolute Gasteiger partial charge is 0.496 e. The molecule has 0 aliphatic carbocycles. The molecule has 10 rings (SSSR count). The number of para-hydroxylation sites is 1. The van der Waals surface area contributed by atoms with E-state index < -0.39 is 18.2 Å². The Kier molecular flexibility index (Phi) is 14.6. The lowest BCUT2D eigenvalue weighted by Gasteiger charge is -2.35. The Morgan fingerprint density at radius 3 is 2.50 bits per heavy atom. The molecule has 14 nitrogen and oxygen atoms in total. The molecule has 4 aromatic carbocycles. The highest BCUT2D eigenvalue weighted by Crippen LogP contribution is 2.50. The molecule has 1 saturated heterocycles. The molecule has 17 heteroatoms. The monoisotopic (exact) mass is 960 g/mol. The van der Waals surface area contributed by atoms with Crippen molar-refractivity contribution in [3.8, 4) is 61.8 Å². The van der Waals surface area contributed by atoms with E-state index >= 15 is 0 Å². The number of thiophene rings is 1. The molecule has 6 heterocycles. The molecule has 3 aromatic heterocycles. The number of benzene rings is 4. The number of methoxy groups -OCH3 is 1.